The molecule has 0 aromatic rings. The van der Waals surface area contributed by atoms with Crippen molar-refractivity contribution in [2.75, 3.05) is 13.1 Å². The van der Waals surface area contributed by atoms with Crippen LogP contribution >= 0.6 is 0 Å². The number of nitrogens with one attached hydrogen (secondary N) is 2. The lowest BCUT2D eigenvalue weighted by Gasteiger charge is -2.68. The number of amidine groups is 1. The summed E-state index contributed by atoms with van der Waals surface area (Å²) < 4.78 is 0. The number of allylic oxidation sites excluding steroid dienone is 2. The van der Waals surface area contributed by atoms with Crippen LogP contribution in [0.25, 0.3) is 0 Å². The van der Waals surface area contributed by atoms with E-state index in [4.69, 9.17) is 11.6 Å². The van der Waals surface area contributed by atoms with Gasteiger partial charge in [-0.1, -0.05) is 47.6 Å². The van der Waals surface area contributed by atoms with Crippen molar-refractivity contribution in [1.82, 2.24) is 10.9 Å². The van der Waals surface area contributed by atoms with Crippen LogP contribution in [0.3, 0.4) is 0 Å². The number of carbonyl (C=O) groups excluding carboxylic acids is 2. The van der Waals surface area contributed by atoms with Crippen LogP contribution < -0.4 is 22.4 Å². The van der Waals surface area contributed by atoms with Crippen molar-refractivity contribution in [1.29, 1.82) is 5.26 Å². The molecule has 8 heteroatoms. The van der Waals surface area contributed by atoms with E-state index in [-0.39, 0.29) is 50.8 Å². The molecular weight excluding hydrogens is 500 g/mol. The Balaban J connectivity index is 1.50. The fraction of sp³-hybridized carbons (Fsp3) is 0.812. The highest BCUT2D eigenvalue weighted by atomic mass is 16.1. The number of fused-ring (bicyclic) bond motifs is 7. The summed E-state index contributed by atoms with van der Waals surface area (Å²) in [4.78, 5) is 27.7. The zero-order chi connectivity index (χ0) is 29.3. The molecule has 0 amide bonds. The summed E-state index contributed by atoms with van der Waals surface area (Å²) in [6, 6.07) is 2.22. The number of hydrazine groups is 1. The lowest BCUT2D eigenvalue weighted by atomic mass is 9.35. The second kappa shape index (κ2) is 9.66. The third-order valence-corrected chi connectivity index (χ3v) is 12.8. The molecule has 4 saturated carbocycles. The SMILES string of the molecule is CC1(C)CCC2(CNC/C(N)=N/NN)CCC3C(C(=O)CC4C5(C)C=C(C#N)C(=O)C(C)(C)C5CCC34C)C2C1. The van der Waals surface area contributed by atoms with Crippen molar-refractivity contribution in [3.05, 3.63) is 11.6 Å². The lowest BCUT2D eigenvalue weighted by molar-refractivity contribution is -0.190. The van der Waals surface area contributed by atoms with Crippen LogP contribution in [0.1, 0.15) is 92.9 Å². The number of nitriles is 1. The van der Waals surface area contributed by atoms with E-state index in [2.05, 4.69) is 49.7 Å². The van der Waals surface area contributed by atoms with Crippen molar-refractivity contribution in [3.8, 4) is 6.07 Å². The Morgan fingerprint density at radius 3 is 2.45 bits per heavy atom. The van der Waals surface area contributed by atoms with Gasteiger partial charge in [-0.15, -0.1) is 0 Å². The number of nitrogens with zero attached hydrogens (tertiary/aromatic N) is 2. The second-order valence-electron chi connectivity index (χ2n) is 15.8. The number of nitrogens with two attached hydrogens (primary N) is 2. The van der Waals surface area contributed by atoms with Gasteiger partial charge in [-0.05, 0) is 90.3 Å². The number of hydrogen-bond acceptors (Lipinski definition) is 7. The third-order valence-electron chi connectivity index (χ3n) is 12.8. The first-order valence-corrected chi connectivity index (χ1v) is 15.3. The smallest absolute Gasteiger partial charge is 0.178 e. The zero-order valence-corrected chi connectivity index (χ0v) is 25.4. The topological polar surface area (TPSA) is 146 Å². The highest BCUT2D eigenvalue weighted by molar-refractivity contribution is 6.04. The first-order chi connectivity index (χ1) is 18.6. The Kier molecular flexibility index (Phi) is 7.07. The predicted octanol–water partition coefficient (Wildman–Crippen LogP) is 4.22. The second-order valence-corrected chi connectivity index (χ2v) is 15.8. The van der Waals surface area contributed by atoms with Gasteiger partial charge < -0.3 is 11.1 Å². The number of carbonyl (C=O) groups is 2. The van der Waals surface area contributed by atoms with Crippen LogP contribution in [-0.2, 0) is 9.59 Å². The monoisotopic (exact) mass is 550 g/mol. The minimum Gasteiger partial charge on any atom is -0.385 e. The summed E-state index contributed by atoms with van der Waals surface area (Å²) in [7, 11) is 0. The van der Waals surface area contributed by atoms with Crippen LogP contribution in [-0.4, -0.2) is 30.5 Å². The maximum atomic E-state index is 14.5. The summed E-state index contributed by atoms with van der Waals surface area (Å²) >= 11 is 0. The minimum absolute atomic E-state index is 0.00240. The average Bonchev–Trinajstić information content (AvgIpc) is 2.87. The van der Waals surface area contributed by atoms with Crippen molar-refractivity contribution >= 4 is 17.4 Å². The third kappa shape index (κ3) is 4.26. The van der Waals surface area contributed by atoms with E-state index >= 15 is 0 Å². The molecule has 8 nitrogen and oxygen atoms in total. The molecule has 0 aliphatic heterocycles. The first kappa shape index (κ1) is 29.3. The van der Waals surface area contributed by atoms with Gasteiger partial charge in [-0.3, -0.25) is 9.59 Å². The van der Waals surface area contributed by atoms with Gasteiger partial charge in [0.1, 0.15) is 17.7 Å². The molecular formula is C32H50N6O2. The van der Waals surface area contributed by atoms with E-state index in [1.54, 1.807) is 0 Å². The molecule has 0 bridgehead atoms. The van der Waals surface area contributed by atoms with E-state index in [1.165, 1.54) is 0 Å². The Morgan fingerprint density at radius 2 is 1.77 bits per heavy atom. The molecule has 4 fully saturated rings. The summed E-state index contributed by atoms with van der Waals surface area (Å²) in [6.45, 7) is 14.8. The average molecular weight is 551 g/mol. The number of ketones is 2. The van der Waals surface area contributed by atoms with Gasteiger partial charge in [-0.25, -0.2) is 11.4 Å². The van der Waals surface area contributed by atoms with Gasteiger partial charge in [0.05, 0.1) is 12.1 Å². The van der Waals surface area contributed by atoms with Gasteiger partial charge >= 0.3 is 0 Å². The fourth-order valence-electron chi connectivity index (χ4n) is 10.9. The van der Waals surface area contributed by atoms with Gasteiger partial charge in [0.25, 0.3) is 0 Å². The molecule has 0 saturated heterocycles. The Hall–Kier alpha value is -2.24. The van der Waals surface area contributed by atoms with Crippen LogP contribution in [0.15, 0.2) is 16.8 Å². The molecule has 5 aliphatic carbocycles. The predicted molar refractivity (Wildman–Crippen MR) is 156 cm³/mol. The molecule has 0 aromatic carbocycles. The highest BCUT2D eigenvalue weighted by Gasteiger charge is 2.68. The number of hydrazone groups is 1. The maximum Gasteiger partial charge on any atom is 0.178 e. The molecule has 0 spiro atoms. The molecule has 5 aliphatic rings. The largest absolute Gasteiger partial charge is 0.385 e. The normalized spacial score (nSPS) is 43.8. The van der Waals surface area contributed by atoms with Crippen LogP contribution in [0.5, 0.6) is 0 Å². The number of rotatable bonds is 5. The Bertz CT molecular complexity index is 1180. The Labute approximate surface area is 240 Å². The van der Waals surface area contributed by atoms with Crippen LogP contribution in [0.4, 0.5) is 0 Å². The van der Waals surface area contributed by atoms with Crippen molar-refractivity contribution < 1.29 is 9.59 Å². The molecule has 0 aromatic heterocycles. The Morgan fingerprint density at radius 1 is 1.05 bits per heavy atom. The zero-order valence-electron chi connectivity index (χ0n) is 25.4. The van der Waals surface area contributed by atoms with E-state index in [0.29, 0.717) is 36.4 Å². The molecule has 40 heavy (non-hydrogen) atoms. The molecule has 0 radical (unpaired) electrons. The number of Topliss-reactive ketones (excluding diaryl/α,β-unsaturated/α-hetero) is 2. The molecule has 5 rings (SSSR count). The quantitative estimate of drug-likeness (QED) is 0.173. The van der Waals surface area contributed by atoms with E-state index in [1.807, 2.05) is 19.9 Å². The van der Waals surface area contributed by atoms with Crippen molar-refractivity contribution in [2.45, 2.75) is 92.9 Å². The van der Waals surface area contributed by atoms with Gasteiger partial charge in [0.2, 0.25) is 0 Å². The molecule has 0 heterocycles. The van der Waals surface area contributed by atoms with Crippen molar-refractivity contribution in [2.24, 2.45) is 73.3 Å². The summed E-state index contributed by atoms with van der Waals surface area (Å²) in [5.74, 6) is 7.11. The van der Waals surface area contributed by atoms with Crippen molar-refractivity contribution in [3.63, 3.8) is 0 Å². The lowest BCUT2D eigenvalue weighted by Crippen LogP contribution is -2.65. The minimum atomic E-state index is -0.596. The molecule has 220 valence electrons. The molecule has 6 N–H and O–H groups in total. The van der Waals surface area contributed by atoms with Crippen LogP contribution in [0, 0.1) is 68.0 Å². The standard InChI is InChI=1S/C32H50N6O2/c1-28(2)11-12-32(18-36-17-25(34)37-38-35)10-7-20-26(21(32)15-28)22(39)13-24-30(20,5)9-8-23-29(3,4)27(40)19(16-33)14-31(23,24)6/h14,20-21,23-24,26,36,38H,7-13,15,17-18,35H2,1-6H3,(H2,34,37). The molecule has 8 atom stereocenters. The number of hydrogen-bond donors (Lipinski definition) is 4. The maximum absolute atomic E-state index is 14.5. The molecule has 8 unspecified atom stereocenters. The van der Waals surface area contributed by atoms with E-state index in [0.717, 1.165) is 51.5 Å². The fourth-order valence-corrected chi connectivity index (χ4v) is 10.9. The van der Waals surface area contributed by atoms with Gasteiger partial charge in [0.15, 0.2) is 5.78 Å². The van der Waals surface area contributed by atoms with Gasteiger partial charge in [0, 0.05) is 24.3 Å². The van der Waals surface area contributed by atoms with E-state index in [9.17, 15) is 14.9 Å². The van der Waals surface area contributed by atoms with Crippen LogP contribution in [0.2, 0.25) is 0 Å². The summed E-state index contributed by atoms with van der Waals surface area (Å²) in [5.41, 5.74) is 7.89. The van der Waals surface area contributed by atoms with Gasteiger partial charge in [-0.2, -0.15) is 10.4 Å². The summed E-state index contributed by atoms with van der Waals surface area (Å²) in [5, 5.41) is 17.4. The van der Waals surface area contributed by atoms with E-state index < -0.39 is 5.41 Å². The highest BCUT2D eigenvalue weighted by Crippen LogP contribution is 2.71. The first-order valence-electron chi connectivity index (χ1n) is 15.3. The summed E-state index contributed by atoms with van der Waals surface area (Å²) in [6.07, 6.45) is 10.0.